The predicted molar refractivity (Wildman–Crippen MR) is 79.8 cm³/mol. The van der Waals surface area contributed by atoms with E-state index in [9.17, 15) is 4.79 Å². The van der Waals surface area contributed by atoms with Crippen LogP contribution in [0, 0.1) is 17.8 Å². The largest absolute Gasteiger partial charge is 0.303 e. The van der Waals surface area contributed by atoms with Gasteiger partial charge in [0.1, 0.15) is 6.29 Å². The molecule has 108 valence electrons. The Labute approximate surface area is 114 Å². The molecule has 0 aromatic rings. The van der Waals surface area contributed by atoms with E-state index in [-0.39, 0.29) is 5.92 Å². The van der Waals surface area contributed by atoms with Gasteiger partial charge in [0.05, 0.1) is 0 Å². The van der Waals surface area contributed by atoms with Gasteiger partial charge in [0.2, 0.25) is 0 Å². The summed E-state index contributed by atoms with van der Waals surface area (Å²) < 4.78 is 0. The lowest BCUT2D eigenvalue weighted by atomic mass is 9.87. The minimum atomic E-state index is 0.204. The summed E-state index contributed by atoms with van der Waals surface area (Å²) in [7, 11) is 0. The lowest BCUT2D eigenvalue weighted by Crippen LogP contribution is -2.35. The molecule has 0 unspecified atom stereocenters. The van der Waals surface area contributed by atoms with Crippen molar-refractivity contribution in [1.82, 2.24) is 4.90 Å². The maximum absolute atomic E-state index is 9.50. The van der Waals surface area contributed by atoms with E-state index < -0.39 is 0 Å². The molecule has 0 saturated carbocycles. The summed E-state index contributed by atoms with van der Waals surface area (Å²) in [6.45, 7) is 14.8. The van der Waals surface area contributed by atoms with Gasteiger partial charge in [-0.3, -0.25) is 0 Å². The number of carbonyl (C=O) groups excluding carboxylic acids is 1. The molecule has 2 nitrogen and oxygen atoms in total. The zero-order chi connectivity index (χ0) is 14.0. The van der Waals surface area contributed by atoms with Crippen molar-refractivity contribution < 1.29 is 4.79 Å². The number of unbranched alkanes of at least 4 members (excludes halogenated alkanes) is 1. The van der Waals surface area contributed by atoms with Crippen LogP contribution in [0.3, 0.4) is 0 Å². The molecule has 0 amide bonds. The molecule has 0 spiro atoms. The van der Waals surface area contributed by atoms with Crippen LogP contribution >= 0.6 is 0 Å². The van der Waals surface area contributed by atoms with Crippen LogP contribution in [0.25, 0.3) is 0 Å². The third-order valence-corrected chi connectivity index (χ3v) is 3.68. The van der Waals surface area contributed by atoms with Gasteiger partial charge in [-0.2, -0.15) is 0 Å². The van der Waals surface area contributed by atoms with E-state index in [4.69, 9.17) is 0 Å². The van der Waals surface area contributed by atoms with Crippen molar-refractivity contribution >= 4 is 6.29 Å². The summed E-state index contributed by atoms with van der Waals surface area (Å²) in [5.41, 5.74) is 0. The van der Waals surface area contributed by atoms with Crippen LogP contribution in [0.4, 0.5) is 0 Å². The minimum Gasteiger partial charge on any atom is -0.303 e. The Kier molecular flexibility index (Phi) is 10.3. The van der Waals surface area contributed by atoms with Crippen molar-refractivity contribution in [2.75, 3.05) is 19.6 Å². The highest BCUT2D eigenvalue weighted by molar-refractivity contribution is 5.51. The van der Waals surface area contributed by atoms with E-state index in [2.05, 4.69) is 25.7 Å². The molecule has 0 aliphatic carbocycles. The minimum absolute atomic E-state index is 0.204. The molecule has 1 aliphatic heterocycles. The van der Waals surface area contributed by atoms with Crippen molar-refractivity contribution in [3.05, 3.63) is 0 Å². The molecule has 0 bridgehead atoms. The fourth-order valence-corrected chi connectivity index (χ4v) is 2.22. The Morgan fingerprint density at radius 2 is 1.67 bits per heavy atom. The first-order valence-electron chi connectivity index (χ1n) is 7.68. The summed E-state index contributed by atoms with van der Waals surface area (Å²) in [4.78, 5) is 12.1. The Hall–Kier alpha value is -0.370. The van der Waals surface area contributed by atoms with Crippen molar-refractivity contribution in [3.8, 4) is 0 Å². The number of nitrogens with zero attached hydrogens (tertiary/aromatic N) is 1. The van der Waals surface area contributed by atoms with Crippen LogP contribution in [-0.2, 0) is 4.79 Å². The molecule has 0 radical (unpaired) electrons. The zero-order valence-corrected chi connectivity index (χ0v) is 13.1. The van der Waals surface area contributed by atoms with Gasteiger partial charge in [0.15, 0.2) is 0 Å². The molecular formula is C16H33NO. The van der Waals surface area contributed by atoms with Crippen LogP contribution in [0.1, 0.15) is 60.3 Å². The molecule has 1 fully saturated rings. The second kappa shape index (κ2) is 10.5. The molecule has 1 aliphatic rings. The van der Waals surface area contributed by atoms with Gasteiger partial charge in [0.25, 0.3) is 0 Å². The molecule has 1 saturated heterocycles. The quantitative estimate of drug-likeness (QED) is 0.692. The second-order valence-corrected chi connectivity index (χ2v) is 6.16. The van der Waals surface area contributed by atoms with Gasteiger partial charge in [-0.25, -0.2) is 0 Å². The number of hydrogen-bond donors (Lipinski definition) is 0. The van der Waals surface area contributed by atoms with Gasteiger partial charge in [0, 0.05) is 5.92 Å². The smallest absolute Gasteiger partial charge is 0.122 e. The molecule has 2 heteroatoms. The number of hydrogen-bond acceptors (Lipinski definition) is 2. The van der Waals surface area contributed by atoms with E-state index in [1.54, 1.807) is 0 Å². The number of rotatable bonds is 5. The Balaban J connectivity index is 0.000000494. The summed E-state index contributed by atoms with van der Waals surface area (Å²) in [5, 5.41) is 0. The molecule has 0 atom stereocenters. The topological polar surface area (TPSA) is 20.3 Å². The van der Waals surface area contributed by atoms with Gasteiger partial charge < -0.3 is 9.69 Å². The highest BCUT2D eigenvalue weighted by Gasteiger charge is 2.20. The van der Waals surface area contributed by atoms with Gasteiger partial charge in [-0.05, 0) is 50.7 Å². The number of likely N-dealkylation sites (tertiary alicyclic amines) is 1. The Morgan fingerprint density at radius 3 is 2.00 bits per heavy atom. The summed E-state index contributed by atoms with van der Waals surface area (Å²) in [6, 6.07) is 0. The van der Waals surface area contributed by atoms with Gasteiger partial charge in [-0.15, -0.1) is 0 Å². The third kappa shape index (κ3) is 8.68. The average molecular weight is 255 g/mol. The standard InChI is InChI=1S/C12H25N.C4H8O/c1-4-5-8-13-9-6-12(7-10-13)11(2)3;1-4(2)3-5/h11-12H,4-10H2,1-3H3;3-4H,1-2H3. The normalized spacial score (nSPS) is 17.7. The Bertz CT molecular complexity index is 193. The zero-order valence-electron chi connectivity index (χ0n) is 13.1. The molecule has 0 N–H and O–H groups in total. The maximum atomic E-state index is 9.50. The van der Waals surface area contributed by atoms with Crippen LogP contribution in [0.15, 0.2) is 0 Å². The molecule has 18 heavy (non-hydrogen) atoms. The van der Waals surface area contributed by atoms with Crippen LogP contribution in [0.5, 0.6) is 0 Å². The highest BCUT2D eigenvalue weighted by Crippen LogP contribution is 2.24. The van der Waals surface area contributed by atoms with Crippen molar-refractivity contribution in [2.24, 2.45) is 17.8 Å². The Morgan fingerprint density at radius 1 is 1.17 bits per heavy atom. The SMILES string of the molecule is CC(C)C=O.CCCCN1CCC(C(C)C)CC1. The highest BCUT2D eigenvalue weighted by atomic mass is 16.1. The summed E-state index contributed by atoms with van der Waals surface area (Å²) >= 11 is 0. The summed E-state index contributed by atoms with van der Waals surface area (Å²) in [5.74, 6) is 2.10. The van der Waals surface area contributed by atoms with Crippen LogP contribution < -0.4 is 0 Å². The maximum Gasteiger partial charge on any atom is 0.122 e. The predicted octanol–water partition coefficient (Wildman–Crippen LogP) is 4.00. The lowest BCUT2D eigenvalue weighted by molar-refractivity contribution is -0.110. The molecule has 1 heterocycles. The average Bonchev–Trinajstić information content (AvgIpc) is 2.37. The van der Waals surface area contributed by atoms with Gasteiger partial charge >= 0.3 is 0 Å². The molecule has 1 rings (SSSR count). The lowest BCUT2D eigenvalue weighted by Gasteiger charge is -2.33. The second-order valence-electron chi connectivity index (χ2n) is 6.16. The van der Waals surface area contributed by atoms with Crippen molar-refractivity contribution in [1.29, 1.82) is 0 Å². The molecule has 0 aromatic heterocycles. The number of piperidine rings is 1. The third-order valence-electron chi connectivity index (χ3n) is 3.68. The van der Waals surface area contributed by atoms with Crippen LogP contribution in [0.2, 0.25) is 0 Å². The monoisotopic (exact) mass is 255 g/mol. The fraction of sp³-hybridized carbons (Fsp3) is 0.938. The number of carbonyl (C=O) groups is 1. The first-order valence-corrected chi connectivity index (χ1v) is 7.68. The summed E-state index contributed by atoms with van der Waals surface area (Å²) in [6.07, 6.45) is 6.50. The van der Waals surface area contributed by atoms with E-state index in [0.29, 0.717) is 0 Å². The van der Waals surface area contributed by atoms with E-state index in [1.807, 2.05) is 13.8 Å². The van der Waals surface area contributed by atoms with Gasteiger partial charge in [-0.1, -0.05) is 41.0 Å². The molecule has 0 aromatic carbocycles. The van der Waals surface area contributed by atoms with E-state index in [1.165, 1.54) is 45.3 Å². The van der Waals surface area contributed by atoms with Crippen molar-refractivity contribution in [3.63, 3.8) is 0 Å². The first-order chi connectivity index (χ1) is 8.51. The first kappa shape index (κ1) is 17.6. The van der Waals surface area contributed by atoms with E-state index >= 15 is 0 Å². The fourth-order valence-electron chi connectivity index (χ4n) is 2.22. The van der Waals surface area contributed by atoms with Crippen LogP contribution in [-0.4, -0.2) is 30.8 Å². The number of aldehydes is 1. The van der Waals surface area contributed by atoms with E-state index in [0.717, 1.165) is 18.1 Å². The molecular weight excluding hydrogens is 222 g/mol. The van der Waals surface area contributed by atoms with Crippen molar-refractivity contribution in [2.45, 2.75) is 60.3 Å².